The van der Waals surface area contributed by atoms with Crippen molar-refractivity contribution >= 4 is 39.3 Å². The van der Waals surface area contributed by atoms with Gasteiger partial charge in [-0.2, -0.15) is 8.42 Å². The van der Waals surface area contributed by atoms with Crippen LogP contribution < -0.4 is 18.9 Å². The van der Waals surface area contributed by atoms with Crippen LogP contribution in [0.1, 0.15) is 10.4 Å². The highest BCUT2D eigenvalue weighted by Crippen LogP contribution is 2.36. The van der Waals surface area contributed by atoms with Crippen LogP contribution in [0.25, 0.3) is 0 Å². The molecule has 2 rings (SSSR count). The fourth-order valence-corrected chi connectivity index (χ4v) is 2.76. The summed E-state index contributed by atoms with van der Waals surface area (Å²) in [5.41, 5.74) is -0.687. The van der Waals surface area contributed by atoms with Crippen molar-refractivity contribution in [3.8, 4) is 17.2 Å². The van der Waals surface area contributed by atoms with Gasteiger partial charge < -0.3 is 9.47 Å². The number of rotatable bonds is 6. The molecule has 29 heavy (non-hydrogen) atoms. The second-order valence-electron chi connectivity index (χ2n) is 5.14. The molecular formula is C15H10Cl2F4N2O5S. The molecule has 2 aromatic carbocycles. The molecule has 2 aromatic rings. The summed E-state index contributed by atoms with van der Waals surface area (Å²) in [6.07, 6.45) is -4.95. The van der Waals surface area contributed by atoms with Gasteiger partial charge in [-0.25, -0.2) is 13.8 Å². The first kappa shape index (κ1) is 23.0. The predicted molar refractivity (Wildman–Crippen MR) is 95.1 cm³/mol. The summed E-state index contributed by atoms with van der Waals surface area (Å²) in [7, 11) is -3.14. The number of ether oxygens (including phenoxy) is 2. The molecule has 0 atom stereocenters. The van der Waals surface area contributed by atoms with Gasteiger partial charge in [-0.1, -0.05) is 23.2 Å². The topological polar surface area (TPSA) is 93.7 Å². The molecular weight excluding hydrogens is 467 g/mol. The average molecular weight is 477 g/mol. The van der Waals surface area contributed by atoms with E-state index in [1.165, 1.54) is 0 Å². The zero-order valence-corrected chi connectivity index (χ0v) is 16.4. The van der Waals surface area contributed by atoms with Crippen molar-refractivity contribution in [1.29, 1.82) is 0 Å². The van der Waals surface area contributed by atoms with Gasteiger partial charge >= 0.3 is 16.6 Å². The van der Waals surface area contributed by atoms with E-state index < -0.39 is 44.6 Å². The van der Waals surface area contributed by atoms with Gasteiger partial charge in [-0.15, -0.1) is 13.2 Å². The zero-order chi connectivity index (χ0) is 22.0. The summed E-state index contributed by atoms with van der Waals surface area (Å²) in [6, 6.07) is 4.41. The van der Waals surface area contributed by atoms with Crippen LogP contribution in [-0.2, 0) is 10.2 Å². The highest BCUT2D eigenvalue weighted by Gasteiger charge is 2.32. The lowest BCUT2D eigenvalue weighted by Gasteiger charge is -2.13. The summed E-state index contributed by atoms with van der Waals surface area (Å²) < 4.78 is 85.9. The first-order valence-corrected chi connectivity index (χ1v) is 9.53. The van der Waals surface area contributed by atoms with Gasteiger partial charge in [0.15, 0.2) is 0 Å². The van der Waals surface area contributed by atoms with Crippen LogP contribution >= 0.6 is 23.2 Å². The first-order valence-electron chi connectivity index (χ1n) is 7.29. The Morgan fingerprint density at radius 3 is 2.24 bits per heavy atom. The smallest absolute Gasteiger partial charge is 0.456 e. The Morgan fingerprint density at radius 2 is 1.69 bits per heavy atom. The van der Waals surface area contributed by atoms with E-state index in [4.69, 9.17) is 27.9 Å². The van der Waals surface area contributed by atoms with E-state index in [0.717, 1.165) is 31.3 Å². The van der Waals surface area contributed by atoms with Crippen LogP contribution in [-0.4, -0.2) is 27.7 Å². The summed E-state index contributed by atoms with van der Waals surface area (Å²) in [5, 5.41) is -0.727. The van der Waals surface area contributed by atoms with Crippen LogP contribution in [0.2, 0.25) is 10.0 Å². The third kappa shape index (κ3) is 6.35. The Labute approximate surface area is 171 Å². The molecule has 0 aliphatic carbocycles. The van der Waals surface area contributed by atoms with E-state index in [0.29, 0.717) is 6.07 Å². The number of amides is 1. The summed E-state index contributed by atoms with van der Waals surface area (Å²) in [5.74, 6) is -3.56. The standard InChI is InChI=1S/C15H10Cl2F4N2O5S/c1-22-29(25,26)23-14(24)8-5-10(17)13(6-11(8)18)27-7-2-3-12(9(16)4-7)28-15(19,20)21/h2-6,22H,1H3,(H,23,24). The molecule has 0 aliphatic rings. The van der Waals surface area contributed by atoms with E-state index >= 15 is 0 Å². The molecule has 158 valence electrons. The van der Waals surface area contributed by atoms with Crippen LogP contribution in [0.3, 0.4) is 0 Å². The number of benzene rings is 2. The van der Waals surface area contributed by atoms with Crippen LogP contribution in [0.5, 0.6) is 17.2 Å². The predicted octanol–water partition coefficient (Wildman–Crippen LogP) is 4.02. The number of nitrogens with one attached hydrogen (secondary N) is 2. The zero-order valence-electron chi connectivity index (χ0n) is 14.1. The molecule has 0 radical (unpaired) electrons. The van der Waals surface area contributed by atoms with Gasteiger partial charge in [0.1, 0.15) is 23.1 Å². The minimum atomic E-state index is -4.95. The van der Waals surface area contributed by atoms with E-state index in [-0.39, 0.29) is 16.5 Å². The molecule has 1 amide bonds. The van der Waals surface area contributed by atoms with Gasteiger partial charge in [-0.3, -0.25) is 4.79 Å². The van der Waals surface area contributed by atoms with E-state index in [1.54, 1.807) is 4.72 Å². The molecule has 0 aliphatic heterocycles. The maximum absolute atomic E-state index is 14.2. The minimum Gasteiger partial charge on any atom is -0.456 e. The van der Waals surface area contributed by atoms with Crippen LogP contribution in [0, 0.1) is 5.82 Å². The lowest BCUT2D eigenvalue weighted by Crippen LogP contribution is -2.38. The monoisotopic (exact) mass is 476 g/mol. The van der Waals surface area contributed by atoms with Crippen LogP contribution in [0.4, 0.5) is 17.6 Å². The molecule has 0 bridgehead atoms. The molecule has 0 saturated heterocycles. The molecule has 0 heterocycles. The Hall–Kier alpha value is -2.28. The fourth-order valence-electron chi connectivity index (χ4n) is 1.89. The normalized spacial score (nSPS) is 11.8. The second-order valence-corrected chi connectivity index (χ2v) is 7.58. The maximum atomic E-state index is 14.2. The molecule has 0 fully saturated rings. The molecule has 2 N–H and O–H groups in total. The second kappa shape index (κ2) is 8.61. The lowest BCUT2D eigenvalue weighted by molar-refractivity contribution is -0.274. The van der Waals surface area contributed by atoms with Gasteiger partial charge in [0.25, 0.3) is 5.91 Å². The number of alkyl halides is 3. The summed E-state index contributed by atoms with van der Waals surface area (Å²) in [4.78, 5) is 11.9. The van der Waals surface area contributed by atoms with Crippen molar-refractivity contribution in [3.05, 3.63) is 51.8 Å². The van der Waals surface area contributed by atoms with E-state index in [2.05, 4.69) is 4.74 Å². The number of halogens is 6. The molecule has 0 aromatic heterocycles. The fraction of sp³-hybridized carbons (Fsp3) is 0.133. The summed E-state index contributed by atoms with van der Waals surface area (Å²) in [6.45, 7) is 0. The molecule has 7 nitrogen and oxygen atoms in total. The first-order chi connectivity index (χ1) is 13.3. The van der Waals surface area contributed by atoms with E-state index in [1.807, 2.05) is 4.72 Å². The third-order valence-corrected chi connectivity index (χ3v) is 4.70. The van der Waals surface area contributed by atoms with Gasteiger partial charge in [0.05, 0.1) is 15.6 Å². The Kier molecular flexibility index (Phi) is 6.83. The molecule has 0 unspecified atom stereocenters. The third-order valence-electron chi connectivity index (χ3n) is 3.12. The quantitative estimate of drug-likeness (QED) is 0.614. The Bertz CT molecular complexity index is 1050. The molecule has 14 heteroatoms. The van der Waals surface area contributed by atoms with Gasteiger partial charge in [0, 0.05) is 19.2 Å². The van der Waals surface area contributed by atoms with E-state index in [9.17, 15) is 30.8 Å². The highest BCUT2D eigenvalue weighted by molar-refractivity contribution is 7.88. The van der Waals surface area contributed by atoms with Crippen molar-refractivity contribution in [2.75, 3.05) is 7.05 Å². The number of hydrogen-bond donors (Lipinski definition) is 2. The Balaban J connectivity index is 2.26. The highest BCUT2D eigenvalue weighted by atomic mass is 35.5. The minimum absolute atomic E-state index is 0.110. The molecule has 0 spiro atoms. The largest absolute Gasteiger partial charge is 0.573 e. The van der Waals surface area contributed by atoms with Crippen molar-refractivity contribution in [3.63, 3.8) is 0 Å². The Morgan fingerprint density at radius 1 is 1.07 bits per heavy atom. The average Bonchev–Trinajstić information content (AvgIpc) is 2.58. The van der Waals surface area contributed by atoms with Crippen molar-refractivity contribution in [1.82, 2.24) is 9.44 Å². The van der Waals surface area contributed by atoms with Crippen molar-refractivity contribution < 1.29 is 40.2 Å². The maximum Gasteiger partial charge on any atom is 0.573 e. The number of carbonyl (C=O) groups is 1. The van der Waals surface area contributed by atoms with Crippen molar-refractivity contribution in [2.45, 2.75) is 6.36 Å². The number of hydrogen-bond acceptors (Lipinski definition) is 5. The van der Waals surface area contributed by atoms with Gasteiger partial charge in [0.2, 0.25) is 0 Å². The van der Waals surface area contributed by atoms with Gasteiger partial charge in [-0.05, 0) is 18.2 Å². The molecule has 0 saturated carbocycles. The lowest BCUT2D eigenvalue weighted by atomic mass is 10.2. The SMILES string of the molecule is CNS(=O)(=O)NC(=O)c1cc(Cl)c(Oc2ccc(OC(F)(F)F)c(Cl)c2)cc1F. The van der Waals surface area contributed by atoms with Crippen LogP contribution in [0.15, 0.2) is 30.3 Å². The van der Waals surface area contributed by atoms with Crippen molar-refractivity contribution in [2.24, 2.45) is 0 Å². The number of carbonyl (C=O) groups excluding carboxylic acids is 1. The summed E-state index contributed by atoms with van der Waals surface area (Å²) >= 11 is 11.6.